The molecular weight excluding hydrogens is 292 g/mol. The average Bonchev–Trinajstić information content (AvgIpc) is 2.44. The van der Waals surface area contributed by atoms with Crippen molar-refractivity contribution in [3.05, 3.63) is 35.9 Å². The Labute approximate surface area is 128 Å². The molecule has 0 bridgehead atoms. The summed E-state index contributed by atoms with van der Waals surface area (Å²) in [5, 5.41) is 23.5. The van der Waals surface area contributed by atoms with E-state index in [1.807, 2.05) is 30.3 Å². The first-order chi connectivity index (χ1) is 9.99. The molecule has 0 spiro atoms. The van der Waals surface area contributed by atoms with E-state index in [9.17, 15) is 9.59 Å². The summed E-state index contributed by atoms with van der Waals surface area (Å²) in [6, 6.07) is 8.68. The zero-order chi connectivity index (χ0) is 15.7. The third-order valence-corrected chi connectivity index (χ3v) is 3.04. The van der Waals surface area contributed by atoms with E-state index in [-0.39, 0.29) is 24.4 Å². The van der Waals surface area contributed by atoms with Gasteiger partial charge in [0.2, 0.25) is 0 Å². The molecule has 4 N–H and O–H groups in total. The first-order valence-electron chi connectivity index (χ1n) is 6.52. The van der Waals surface area contributed by atoms with Gasteiger partial charge in [-0.2, -0.15) is 0 Å². The quantitative estimate of drug-likeness (QED) is 0.538. The molecule has 0 radical (unpaired) electrons. The predicted molar refractivity (Wildman–Crippen MR) is 81.9 cm³/mol. The van der Waals surface area contributed by atoms with Gasteiger partial charge in [0.25, 0.3) is 0 Å². The van der Waals surface area contributed by atoms with Gasteiger partial charge in [-0.1, -0.05) is 30.3 Å². The Kier molecular flexibility index (Phi) is 7.17. The molecule has 7 heteroatoms. The molecule has 1 unspecified atom stereocenters. The molecule has 6 nitrogen and oxygen atoms in total. The van der Waals surface area contributed by atoms with Crippen molar-refractivity contribution in [1.29, 1.82) is 0 Å². The van der Waals surface area contributed by atoms with Crippen LogP contribution in [0.25, 0.3) is 0 Å². The summed E-state index contributed by atoms with van der Waals surface area (Å²) in [4.78, 5) is 21.5. The number of nitrogens with one attached hydrogen (secondary N) is 2. The monoisotopic (exact) mass is 310 g/mol. The standard InChI is InChI=1S/C14H18N2O4S/c17-12(18)8-4-7-11(13(19)20)16-14(21)15-9-10-5-2-1-3-6-10/h1-3,5-6,11H,4,7-9H2,(H,17,18)(H,19,20)(H2,15,16,21). The average molecular weight is 310 g/mol. The lowest BCUT2D eigenvalue weighted by molar-refractivity contribution is -0.140. The lowest BCUT2D eigenvalue weighted by Gasteiger charge is -2.17. The van der Waals surface area contributed by atoms with Crippen molar-refractivity contribution in [3.8, 4) is 0 Å². The highest BCUT2D eigenvalue weighted by Crippen LogP contribution is 2.02. The number of aliphatic carboxylic acids is 2. The van der Waals surface area contributed by atoms with Crippen LogP contribution < -0.4 is 10.6 Å². The number of carboxylic acids is 2. The van der Waals surface area contributed by atoms with Gasteiger partial charge in [-0.15, -0.1) is 0 Å². The van der Waals surface area contributed by atoms with E-state index in [1.165, 1.54) is 0 Å². The molecule has 114 valence electrons. The van der Waals surface area contributed by atoms with Crippen LogP contribution in [0.5, 0.6) is 0 Å². The Hall–Kier alpha value is -2.15. The van der Waals surface area contributed by atoms with E-state index in [0.29, 0.717) is 6.54 Å². The highest BCUT2D eigenvalue weighted by molar-refractivity contribution is 7.80. The molecule has 1 atom stereocenters. The van der Waals surface area contributed by atoms with E-state index >= 15 is 0 Å². The van der Waals surface area contributed by atoms with Crippen LogP contribution in [0.1, 0.15) is 24.8 Å². The van der Waals surface area contributed by atoms with Crippen LogP contribution in [0.3, 0.4) is 0 Å². The van der Waals surface area contributed by atoms with Gasteiger partial charge in [-0.3, -0.25) is 4.79 Å². The fourth-order valence-electron chi connectivity index (χ4n) is 1.70. The summed E-state index contributed by atoms with van der Waals surface area (Å²) in [5.74, 6) is -1.99. The van der Waals surface area contributed by atoms with E-state index in [0.717, 1.165) is 5.56 Å². The van der Waals surface area contributed by atoms with Gasteiger partial charge in [-0.05, 0) is 30.6 Å². The SMILES string of the molecule is O=C(O)CCCC(NC(=S)NCc1ccccc1)C(=O)O. The maximum atomic E-state index is 11.1. The molecular formula is C14H18N2O4S. The van der Waals surface area contributed by atoms with Gasteiger partial charge < -0.3 is 20.8 Å². The predicted octanol–water partition coefficient (Wildman–Crippen LogP) is 1.36. The van der Waals surface area contributed by atoms with Crippen molar-refractivity contribution in [2.45, 2.75) is 31.8 Å². The molecule has 1 rings (SSSR count). The molecule has 0 saturated carbocycles. The summed E-state index contributed by atoms with van der Waals surface area (Å²) >= 11 is 5.05. The van der Waals surface area contributed by atoms with Gasteiger partial charge in [0.15, 0.2) is 5.11 Å². The van der Waals surface area contributed by atoms with Crippen LogP contribution in [-0.4, -0.2) is 33.3 Å². The number of carbonyl (C=O) groups is 2. The Morgan fingerprint density at radius 3 is 2.43 bits per heavy atom. The zero-order valence-electron chi connectivity index (χ0n) is 11.4. The Morgan fingerprint density at radius 1 is 1.19 bits per heavy atom. The maximum Gasteiger partial charge on any atom is 0.326 e. The molecule has 0 saturated heterocycles. The summed E-state index contributed by atoms with van der Waals surface area (Å²) in [5.41, 5.74) is 1.03. The molecule has 21 heavy (non-hydrogen) atoms. The molecule has 0 aromatic heterocycles. The maximum absolute atomic E-state index is 11.1. The van der Waals surface area contributed by atoms with E-state index < -0.39 is 18.0 Å². The van der Waals surface area contributed by atoms with Crippen molar-refractivity contribution in [2.75, 3.05) is 0 Å². The van der Waals surface area contributed by atoms with Crippen molar-refractivity contribution < 1.29 is 19.8 Å². The number of carboxylic acid groups (broad SMARTS) is 2. The van der Waals surface area contributed by atoms with Crippen molar-refractivity contribution in [1.82, 2.24) is 10.6 Å². The molecule has 1 aromatic rings. The first-order valence-corrected chi connectivity index (χ1v) is 6.92. The lowest BCUT2D eigenvalue weighted by Crippen LogP contribution is -2.45. The van der Waals surface area contributed by atoms with Crippen LogP contribution in [0, 0.1) is 0 Å². The highest BCUT2D eigenvalue weighted by Gasteiger charge is 2.18. The van der Waals surface area contributed by atoms with Gasteiger partial charge in [0, 0.05) is 13.0 Å². The van der Waals surface area contributed by atoms with Crippen LogP contribution in [0.4, 0.5) is 0 Å². The van der Waals surface area contributed by atoms with Gasteiger partial charge >= 0.3 is 11.9 Å². The molecule has 0 heterocycles. The minimum atomic E-state index is -1.05. The van der Waals surface area contributed by atoms with Crippen LogP contribution >= 0.6 is 12.2 Å². The molecule has 0 amide bonds. The lowest BCUT2D eigenvalue weighted by atomic mass is 10.1. The number of thiocarbonyl (C=S) groups is 1. The van der Waals surface area contributed by atoms with Gasteiger partial charge in [0.05, 0.1) is 0 Å². The number of benzene rings is 1. The zero-order valence-corrected chi connectivity index (χ0v) is 12.2. The highest BCUT2D eigenvalue weighted by atomic mass is 32.1. The summed E-state index contributed by atoms with van der Waals surface area (Å²) < 4.78 is 0. The summed E-state index contributed by atoms with van der Waals surface area (Å²) in [6.45, 7) is 0.494. The van der Waals surface area contributed by atoms with Crippen LogP contribution in [-0.2, 0) is 16.1 Å². The molecule has 0 aliphatic carbocycles. The normalized spacial score (nSPS) is 11.4. The molecule has 1 aromatic carbocycles. The fourth-order valence-corrected chi connectivity index (χ4v) is 1.92. The fraction of sp³-hybridized carbons (Fsp3) is 0.357. The van der Waals surface area contributed by atoms with Crippen LogP contribution in [0.2, 0.25) is 0 Å². The summed E-state index contributed by atoms with van der Waals surface area (Å²) in [7, 11) is 0. The van der Waals surface area contributed by atoms with E-state index in [2.05, 4.69) is 10.6 Å². The second-order valence-electron chi connectivity index (χ2n) is 4.49. The minimum Gasteiger partial charge on any atom is -0.481 e. The molecule has 0 aliphatic heterocycles. The topological polar surface area (TPSA) is 98.7 Å². The van der Waals surface area contributed by atoms with E-state index in [1.54, 1.807) is 0 Å². The van der Waals surface area contributed by atoms with Crippen molar-refractivity contribution in [3.63, 3.8) is 0 Å². The number of hydrogen-bond donors (Lipinski definition) is 4. The Bertz CT molecular complexity index is 493. The van der Waals surface area contributed by atoms with Crippen molar-refractivity contribution >= 4 is 29.3 Å². The van der Waals surface area contributed by atoms with Gasteiger partial charge in [-0.25, -0.2) is 4.79 Å². The Morgan fingerprint density at radius 2 is 1.86 bits per heavy atom. The number of hydrogen-bond acceptors (Lipinski definition) is 3. The minimum absolute atomic E-state index is 0.0599. The second-order valence-corrected chi connectivity index (χ2v) is 4.90. The Balaban J connectivity index is 2.38. The summed E-state index contributed by atoms with van der Waals surface area (Å²) in [6.07, 6.45) is 0.422. The third kappa shape index (κ3) is 7.26. The molecule has 0 fully saturated rings. The second kappa shape index (κ2) is 8.91. The number of rotatable bonds is 8. The van der Waals surface area contributed by atoms with Crippen LogP contribution in [0.15, 0.2) is 30.3 Å². The molecule has 0 aliphatic rings. The van der Waals surface area contributed by atoms with Gasteiger partial charge in [0.1, 0.15) is 6.04 Å². The van der Waals surface area contributed by atoms with Crippen molar-refractivity contribution in [2.24, 2.45) is 0 Å². The first kappa shape index (κ1) is 16.9. The smallest absolute Gasteiger partial charge is 0.326 e. The third-order valence-electron chi connectivity index (χ3n) is 2.78. The van der Waals surface area contributed by atoms with E-state index in [4.69, 9.17) is 22.4 Å². The largest absolute Gasteiger partial charge is 0.481 e.